The zero-order valence-corrected chi connectivity index (χ0v) is 18.3. The number of methoxy groups -OCH3 is 2. The van der Waals surface area contributed by atoms with Crippen molar-refractivity contribution in [1.29, 1.82) is 0 Å². The molecule has 8 heteroatoms. The Morgan fingerprint density at radius 2 is 1.81 bits per heavy atom. The number of anilines is 1. The van der Waals surface area contributed by atoms with Gasteiger partial charge in [0.2, 0.25) is 0 Å². The van der Waals surface area contributed by atoms with E-state index in [1.807, 2.05) is 0 Å². The Morgan fingerprint density at radius 3 is 2.47 bits per heavy atom. The van der Waals surface area contributed by atoms with Crippen molar-refractivity contribution in [2.75, 3.05) is 39.3 Å². The number of para-hydroxylation sites is 1. The van der Waals surface area contributed by atoms with Gasteiger partial charge in [0.25, 0.3) is 17.6 Å². The Bertz CT molecular complexity index is 1170. The summed E-state index contributed by atoms with van der Waals surface area (Å²) < 4.78 is 10.4. The zero-order valence-electron chi connectivity index (χ0n) is 18.3. The highest BCUT2D eigenvalue weighted by Crippen LogP contribution is 2.53. The summed E-state index contributed by atoms with van der Waals surface area (Å²) in [5.74, 6) is -2.05. The number of fused-ring (bicyclic) bond motifs is 2. The van der Waals surface area contributed by atoms with Crippen LogP contribution in [0, 0.1) is 6.92 Å². The number of amides is 2. The van der Waals surface area contributed by atoms with Crippen molar-refractivity contribution < 1.29 is 29.0 Å². The molecule has 0 radical (unpaired) electrons. The summed E-state index contributed by atoms with van der Waals surface area (Å²) in [4.78, 5) is 42.8. The first-order valence-electron chi connectivity index (χ1n) is 10.1. The second-order valence-electron chi connectivity index (χ2n) is 7.78. The number of carbonyl (C=O) groups is 3. The van der Waals surface area contributed by atoms with Gasteiger partial charge in [-0.1, -0.05) is 18.2 Å². The first-order valence-corrected chi connectivity index (χ1v) is 10.1. The van der Waals surface area contributed by atoms with Gasteiger partial charge < -0.3 is 24.4 Å². The molecule has 2 aromatic carbocycles. The highest BCUT2D eigenvalue weighted by molar-refractivity contribution is 6.50. The molecule has 2 amide bonds. The van der Waals surface area contributed by atoms with Crippen LogP contribution in [-0.4, -0.2) is 62.0 Å². The predicted molar refractivity (Wildman–Crippen MR) is 117 cm³/mol. The first-order chi connectivity index (χ1) is 15.3. The van der Waals surface area contributed by atoms with Gasteiger partial charge >= 0.3 is 0 Å². The van der Waals surface area contributed by atoms with E-state index in [2.05, 4.69) is 0 Å². The SMILES string of the molecule is COCCN1C(=O)C(=O)C(=C(O)c2ccc(OC)c(C)c2)[C@@]12C(=O)N(C)c1ccccc12. The van der Waals surface area contributed by atoms with Crippen LogP contribution < -0.4 is 9.64 Å². The third kappa shape index (κ3) is 2.76. The van der Waals surface area contributed by atoms with Crippen LogP contribution in [0.25, 0.3) is 5.76 Å². The fourth-order valence-electron chi connectivity index (χ4n) is 4.62. The molecule has 166 valence electrons. The third-order valence-corrected chi connectivity index (χ3v) is 6.13. The highest BCUT2D eigenvalue weighted by Gasteiger charge is 2.66. The van der Waals surface area contributed by atoms with Gasteiger partial charge in [-0.05, 0) is 36.8 Å². The molecule has 8 nitrogen and oxygen atoms in total. The van der Waals surface area contributed by atoms with Gasteiger partial charge in [0.05, 0.1) is 19.3 Å². The number of hydrogen-bond acceptors (Lipinski definition) is 6. The van der Waals surface area contributed by atoms with Crippen molar-refractivity contribution in [1.82, 2.24) is 4.90 Å². The molecule has 1 fully saturated rings. The second kappa shape index (κ2) is 7.80. The van der Waals surface area contributed by atoms with E-state index in [9.17, 15) is 19.5 Å². The van der Waals surface area contributed by atoms with E-state index >= 15 is 0 Å². The highest BCUT2D eigenvalue weighted by atomic mass is 16.5. The molecule has 0 aliphatic carbocycles. The average Bonchev–Trinajstić information content (AvgIpc) is 3.15. The largest absolute Gasteiger partial charge is 0.507 e. The minimum Gasteiger partial charge on any atom is -0.507 e. The van der Waals surface area contributed by atoms with Gasteiger partial charge in [0, 0.05) is 37.5 Å². The maximum atomic E-state index is 13.7. The van der Waals surface area contributed by atoms with E-state index in [0.29, 0.717) is 22.6 Å². The number of Topliss-reactive ketones (excluding diaryl/α,β-unsaturated/α-hetero) is 1. The smallest absolute Gasteiger partial charge is 0.296 e. The van der Waals surface area contributed by atoms with Crippen LogP contribution in [0.3, 0.4) is 0 Å². The lowest BCUT2D eigenvalue weighted by molar-refractivity contribution is -0.144. The Balaban J connectivity index is 2.04. The van der Waals surface area contributed by atoms with Crippen LogP contribution in [0.1, 0.15) is 16.7 Å². The summed E-state index contributed by atoms with van der Waals surface area (Å²) >= 11 is 0. The lowest BCUT2D eigenvalue weighted by Crippen LogP contribution is -2.52. The fraction of sp³-hybridized carbons (Fsp3) is 0.292. The van der Waals surface area contributed by atoms with Crippen LogP contribution in [0.15, 0.2) is 48.0 Å². The number of nitrogens with zero attached hydrogens (tertiary/aromatic N) is 2. The van der Waals surface area contributed by atoms with E-state index < -0.39 is 28.9 Å². The molecule has 1 N–H and O–H groups in total. The third-order valence-electron chi connectivity index (χ3n) is 6.13. The van der Waals surface area contributed by atoms with E-state index in [-0.39, 0.29) is 18.7 Å². The molecule has 2 aliphatic heterocycles. The Kier molecular flexibility index (Phi) is 5.26. The maximum absolute atomic E-state index is 13.7. The topological polar surface area (TPSA) is 96.4 Å². The van der Waals surface area contributed by atoms with Crippen molar-refractivity contribution in [2.24, 2.45) is 0 Å². The number of likely N-dealkylation sites (tertiary alicyclic amines) is 1. The van der Waals surface area contributed by atoms with E-state index in [1.54, 1.807) is 56.4 Å². The van der Waals surface area contributed by atoms with Crippen LogP contribution in [-0.2, 0) is 24.7 Å². The summed E-state index contributed by atoms with van der Waals surface area (Å²) in [6.07, 6.45) is 0. The molecule has 1 spiro atoms. The van der Waals surface area contributed by atoms with Crippen molar-refractivity contribution in [3.63, 3.8) is 0 Å². The maximum Gasteiger partial charge on any atom is 0.296 e. The molecule has 2 aromatic rings. The summed E-state index contributed by atoms with van der Waals surface area (Å²) in [5, 5.41) is 11.3. The molecule has 1 saturated heterocycles. The number of likely N-dealkylation sites (N-methyl/N-ethyl adjacent to an activating group) is 1. The number of aliphatic hydroxyl groups excluding tert-OH is 1. The van der Waals surface area contributed by atoms with Gasteiger partial charge in [-0.2, -0.15) is 0 Å². The molecular weight excluding hydrogens is 412 g/mol. The number of ketones is 1. The van der Waals surface area contributed by atoms with Crippen molar-refractivity contribution >= 4 is 29.0 Å². The molecular formula is C24H24N2O6. The lowest BCUT2D eigenvalue weighted by Gasteiger charge is -2.34. The van der Waals surface area contributed by atoms with Crippen LogP contribution in [0.4, 0.5) is 5.69 Å². The van der Waals surface area contributed by atoms with E-state index in [4.69, 9.17) is 9.47 Å². The average molecular weight is 436 g/mol. The molecule has 0 saturated carbocycles. The predicted octanol–water partition coefficient (Wildman–Crippen LogP) is 2.20. The normalized spacial score (nSPS) is 21.6. The summed E-state index contributed by atoms with van der Waals surface area (Å²) in [5.41, 5.74) is 0.0654. The molecule has 2 aliphatic rings. The lowest BCUT2D eigenvalue weighted by atomic mass is 9.82. The van der Waals surface area contributed by atoms with E-state index in [0.717, 1.165) is 5.56 Å². The minimum absolute atomic E-state index is 0.00735. The molecule has 0 unspecified atom stereocenters. The molecule has 2 heterocycles. The number of aliphatic hydroxyl groups is 1. The standard InChI is InChI=1S/C24H24N2O6/c1-14-13-15(9-10-18(14)32-4)20(27)19-21(28)22(29)26(11-12-31-3)24(19)16-7-5-6-8-17(16)25(2)23(24)30/h5-10,13,27H,11-12H2,1-4H3/t24-/m0/s1. The van der Waals surface area contributed by atoms with Crippen molar-refractivity contribution in [2.45, 2.75) is 12.5 Å². The zero-order chi connectivity index (χ0) is 23.2. The number of aryl methyl sites for hydroxylation is 1. The van der Waals surface area contributed by atoms with Crippen molar-refractivity contribution in [3.05, 3.63) is 64.7 Å². The first kappa shape index (κ1) is 21.6. The van der Waals surface area contributed by atoms with Gasteiger partial charge in [-0.15, -0.1) is 0 Å². The Labute approximate surface area is 185 Å². The van der Waals surface area contributed by atoms with Gasteiger partial charge in [-0.25, -0.2) is 0 Å². The molecule has 1 atom stereocenters. The number of hydrogen-bond donors (Lipinski definition) is 1. The summed E-state index contributed by atoms with van der Waals surface area (Å²) in [6.45, 7) is 1.93. The van der Waals surface area contributed by atoms with Crippen LogP contribution in [0.2, 0.25) is 0 Å². The quantitative estimate of drug-likeness (QED) is 0.439. The summed E-state index contributed by atoms with van der Waals surface area (Å²) in [7, 11) is 4.59. The molecule has 0 aromatic heterocycles. The second-order valence-corrected chi connectivity index (χ2v) is 7.78. The van der Waals surface area contributed by atoms with Gasteiger partial charge in [0.1, 0.15) is 11.5 Å². The Morgan fingerprint density at radius 1 is 1.09 bits per heavy atom. The Hall–Kier alpha value is -3.65. The van der Waals surface area contributed by atoms with Crippen LogP contribution in [0.5, 0.6) is 5.75 Å². The number of rotatable bonds is 5. The summed E-state index contributed by atoms with van der Waals surface area (Å²) in [6, 6.07) is 11.9. The van der Waals surface area contributed by atoms with Crippen molar-refractivity contribution in [3.8, 4) is 5.75 Å². The number of benzene rings is 2. The molecule has 4 rings (SSSR count). The van der Waals surface area contributed by atoms with Crippen LogP contribution >= 0.6 is 0 Å². The minimum atomic E-state index is -1.77. The number of ether oxygens (including phenoxy) is 2. The fourth-order valence-corrected chi connectivity index (χ4v) is 4.62. The number of carbonyl (C=O) groups excluding carboxylic acids is 3. The van der Waals surface area contributed by atoms with E-state index in [1.165, 1.54) is 24.0 Å². The van der Waals surface area contributed by atoms with Gasteiger partial charge in [0.15, 0.2) is 5.54 Å². The van der Waals surface area contributed by atoms with Gasteiger partial charge in [-0.3, -0.25) is 14.4 Å². The monoisotopic (exact) mass is 436 g/mol. The molecule has 0 bridgehead atoms. The molecule has 32 heavy (non-hydrogen) atoms.